The summed E-state index contributed by atoms with van der Waals surface area (Å²) in [5.74, 6) is -2.59. The number of hydrogen-bond donors (Lipinski definition) is 0. The number of sulfone groups is 1. The summed E-state index contributed by atoms with van der Waals surface area (Å²) in [6.07, 6.45) is -3.81. The Morgan fingerprint density at radius 3 is 2.44 bits per heavy atom. The topological polar surface area (TPSA) is 72.9 Å². The second-order valence-electron chi connectivity index (χ2n) is 7.22. The van der Waals surface area contributed by atoms with Crippen molar-refractivity contribution in [3.63, 3.8) is 0 Å². The molecule has 1 saturated heterocycles. The summed E-state index contributed by atoms with van der Waals surface area (Å²) in [6.45, 7) is -1.60. The Labute approximate surface area is 186 Å². The maximum Gasteiger partial charge on any atom is 0.422 e. The van der Waals surface area contributed by atoms with Crippen LogP contribution in [-0.4, -0.2) is 58.5 Å². The summed E-state index contributed by atoms with van der Waals surface area (Å²) in [6, 6.07) is 6.01. The lowest BCUT2D eigenvalue weighted by Gasteiger charge is -2.40. The van der Waals surface area contributed by atoms with Crippen molar-refractivity contribution in [2.45, 2.75) is 17.0 Å². The van der Waals surface area contributed by atoms with Crippen molar-refractivity contribution in [2.24, 2.45) is 0 Å². The van der Waals surface area contributed by atoms with Gasteiger partial charge in [-0.25, -0.2) is 12.8 Å². The third kappa shape index (κ3) is 5.09. The number of hydrogen-bond acceptors (Lipinski definition) is 5. The molecule has 32 heavy (non-hydrogen) atoms. The minimum absolute atomic E-state index is 0.0427. The molecular weight excluding hydrogens is 478 g/mol. The van der Waals surface area contributed by atoms with Crippen LogP contribution in [0.3, 0.4) is 0 Å². The van der Waals surface area contributed by atoms with Gasteiger partial charge < -0.3 is 14.4 Å². The van der Waals surface area contributed by atoms with Crippen LogP contribution in [-0.2, 0) is 9.84 Å². The van der Waals surface area contributed by atoms with Crippen molar-refractivity contribution >= 4 is 27.3 Å². The average molecular weight is 496 g/mol. The fraction of sp³-hybridized carbons (Fsp3) is 0.350. The summed E-state index contributed by atoms with van der Waals surface area (Å²) in [5, 5.41) is 0.316. The minimum Gasteiger partial charge on any atom is -0.494 e. The number of benzene rings is 2. The summed E-state index contributed by atoms with van der Waals surface area (Å²) in [5.41, 5.74) is -0.156. The second-order valence-corrected chi connectivity index (χ2v) is 9.64. The molecule has 3 rings (SSSR count). The van der Waals surface area contributed by atoms with E-state index < -0.39 is 51.4 Å². The van der Waals surface area contributed by atoms with Crippen LogP contribution in [0.15, 0.2) is 35.2 Å². The van der Waals surface area contributed by atoms with Crippen molar-refractivity contribution < 1.29 is 40.2 Å². The zero-order valence-electron chi connectivity index (χ0n) is 16.9. The minimum atomic E-state index is -4.69. The van der Waals surface area contributed by atoms with Gasteiger partial charge in [-0.3, -0.25) is 4.79 Å². The molecule has 0 atom stereocenters. The molecule has 0 spiro atoms. The Hall–Kier alpha value is -2.53. The molecule has 0 radical (unpaired) electrons. The molecular formula is C20H18ClF4NO5S. The SMILES string of the molecule is COc1c(S(C)(=O)=O)ccc(OCC(F)(F)F)c1C(=O)N1CC(c2cc(Cl)ccc2F)C1. The highest BCUT2D eigenvalue weighted by atomic mass is 35.5. The van der Waals surface area contributed by atoms with Crippen LogP contribution in [0, 0.1) is 5.82 Å². The Bertz CT molecular complexity index is 1150. The molecule has 0 aromatic heterocycles. The Morgan fingerprint density at radius 2 is 1.88 bits per heavy atom. The van der Waals surface area contributed by atoms with Gasteiger partial charge in [0.1, 0.15) is 22.0 Å². The molecule has 1 fully saturated rings. The summed E-state index contributed by atoms with van der Waals surface area (Å²) in [4.78, 5) is 14.0. The maximum atomic E-state index is 14.1. The van der Waals surface area contributed by atoms with Crippen LogP contribution in [0.4, 0.5) is 17.6 Å². The highest BCUT2D eigenvalue weighted by molar-refractivity contribution is 7.90. The van der Waals surface area contributed by atoms with E-state index in [0.717, 1.165) is 25.5 Å². The first kappa shape index (κ1) is 24.1. The molecule has 2 aromatic carbocycles. The number of ether oxygens (including phenoxy) is 2. The van der Waals surface area contributed by atoms with Crippen molar-refractivity contribution in [2.75, 3.05) is 33.1 Å². The van der Waals surface area contributed by atoms with Gasteiger partial charge in [-0.15, -0.1) is 0 Å². The molecule has 1 heterocycles. The number of amides is 1. The smallest absolute Gasteiger partial charge is 0.422 e. The zero-order chi connectivity index (χ0) is 23.8. The molecule has 174 valence electrons. The van der Waals surface area contributed by atoms with E-state index in [-0.39, 0.29) is 23.9 Å². The fourth-order valence-corrected chi connectivity index (χ4v) is 4.37. The molecule has 6 nitrogen and oxygen atoms in total. The fourth-order valence-electron chi connectivity index (χ4n) is 3.35. The molecule has 1 amide bonds. The molecule has 0 saturated carbocycles. The van der Waals surface area contributed by atoms with E-state index in [1.54, 1.807) is 0 Å². The Balaban J connectivity index is 1.95. The summed E-state index contributed by atoms with van der Waals surface area (Å²) in [7, 11) is -2.79. The van der Waals surface area contributed by atoms with E-state index in [9.17, 15) is 30.8 Å². The lowest BCUT2D eigenvalue weighted by molar-refractivity contribution is -0.153. The predicted molar refractivity (Wildman–Crippen MR) is 108 cm³/mol. The van der Waals surface area contributed by atoms with Gasteiger partial charge in [0.2, 0.25) is 0 Å². The van der Waals surface area contributed by atoms with Crippen LogP contribution in [0.2, 0.25) is 5.02 Å². The molecule has 0 unspecified atom stereocenters. The summed E-state index contributed by atoms with van der Waals surface area (Å²) < 4.78 is 86.2. The van der Waals surface area contributed by atoms with Crippen LogP contribution < -0.4 is 9.47 Å². The van der Waals surface area contributed by atoms with Crippen LogP contribution in [0.25, 0.3) is 0 Å². The molecule has 2 aromatic rings. The first-order valence-electron chi connectivity index (χ1n) is 9.16. The average Bonchev–Trinajstić information content (AvgIpc) is 2.65. The zero-order valence-corrected chi connectivity index (χ0v) is 18.4. The van der Waals surface area contributed by atoms with Gasteiger partial charge in [0.15, 0.2) is 22.2 Å². The van der Waals surface area contributed by atoms with Gasteiger partial charge >= 0.3 is 6.18 Å². The predicted octanol–water partition coefficient (Wildman–Crippen LogP) is 4.07. The van der Waals surface area contributed by atoms with Gasteiger partial charge in [0, 0.05) is 30.3 Å². The first-order chi connectivity index (χ1) is 14.8. The number of methoxy groups -OCH3 is 1. The van der Waals surface area contributed by atoms with E-state index in [4.69, 9.17) is 21.1 Å². The van der Waals surface area contributed by atoms with Gasteiger partial charge in [0.25, 0.3) is 5.91 Å². The normalized spacial score (nSPS) is 14.8. The van der Waals surface area contributed by atoms with Crippen LogP contribution in [0.1, 0.15) is 21.8 Å². The molecule has 0 N–H and O–H groups in total. The number of carbonyl (C=O) groups excluding carboxylic acids is 1. The second kappa shape index (κ2) is 8.78. The van der Waals surface area contributed by atoms with Crippen molar-refractivity contribution in [1.29, 1.82) is 0 Å². The highest BCUT2D eigenvalue weighted by Gasteiger charge is 2.38. The third-order valence-electron chi connectivity index (χ3n) is 4.86. The first-order valence-corrected chi connectivity index (χ1v) is 11.4. The molecule has 1 aliphatic rings. The number of likely N-dealkylation sites (tertiary alicyclic amines) is 1. The van der Waals surface area contributed by atoms with E-state index in [1.165, 1.54) is 23.1 Å². The van der Waals surface area contributed by atoms with Crippen molar-refractivity contribution in [3.8, 4) is 11.5 Å². The molecule has 0 bridgehead atoms. The lowest BCUT2D eigenvalue weighted by Crippen LogP contribution is -2.49. The third-order valence-corrected chi connectivity index (χ3v) is 6.21. The number of halogens is 5. The van der Waals surface area contributed by atoms with Gasteiger partial charge in [-0.2, -0.15) is 13.2 Å². The maximum absolute atomic E-state index is 14.1. The highest BCUT2D eigenvalue weighted by Crippen LogP contribution is 2.39. The number of carbonyl (C=O) groups is 1. The van der Waals surface area contributed by atoms with E-state index in [2.05, 4.69) is 0 Å². The van der Waals surface area contributed by atoms with Crippen LogP contribution >= 0.6 is 11.6 Å². The van der Waals surface area contributed by atoms with E-state index >= 15 is 0 Å². The Morgan fingerprint density at radius 1 is 1.22 bits per heavy atom. The standard InChI is InChI=1S/C20H18ClF4NO5S/c1-30-18-16(32(2,28)29)6-5-15(31-10-20(23,24)25)17(18)19(27)26-8-11(9-26)13-7-12(21)3-4-14(13)22/h3-7,11H,8-10H2,1-2H3. The number of nitrogens with zero attached hydrogens (tertiary/aromatic N) is 1. The molecule has 1 aliphatic heterocycles. The van der Waals surface area contributed by atoms with Gasteiger partial charge in [-0.1, -0.05) is 11.6 Å². The number of alkyl halides is 3. The largest absolute Gasteiger partial charge is 0.494 e. The quantitative estimate of drug-likeness (QED) is 0.565. The summed E-state index contributed by atoms with van der Waals surface area (Å²) >= 11 is 5.90. The van der Waals surface area contributed by atoms with Crippen molar-refractivity contribution in [1.82, 2.24) is 4.90 Å². The van der Waals surface area contributed by atoms with Crippen LogP contribution in [0.5, 0.6) is 11.5 Å². The molecule has 12 heteroatoms. The van der Waals surface area contributed by atoms with Gasteiger partial charge in [-0.05, 0) is 35.9 Å². The van der Waals surface area contributed by atoms with E-state index in [0.29, 0.717) is 10.6 Å². The number of rotatable bonds is 6. The lowest BCUT2D eigenvalue weighted by atomic mass is 9.90. The van der Waals surface area contributed by atoms with Crippen molar-refractivity contribution in [3.05, 3.63) is 52.3 Å². The monoisotopic (exact) mass is 495 g/mol. The van der Waals surface area contributed by atoms with E-state index in [1.807, 2.05) is 0 Å². The Kier molecular flexibility index (Phi) is 6.62. The van der Waals surface area contributed by atoms with Gasteiger partial charge in [0.05, 0.1) is 7.11 Å². The molecule has 0 aliphatic carbocycles.